The minimum atomic E-state index is -4.42. The maximum absolute atomic E-state index is 12.3. The molecule has 0 aliphatic rings. The highest BCUT2D eigenvalue weighted by Gasteiger charge is 2.30. The van der Waals surface area contributed by atoms with E-state index in [0.717, 1.165) is 24.3 Å². The molecule has 0 saturated carbocycles. The van der Waals surface area contributed by atoms with Crippen molar-refractivity contribution in [3.8, 4) is 6.07 Å². The predicted octanol–water partition coefficient (Wildman–Crippen LogP) is 2.74. The molecule has 0 aliphatic heterocycles. The number of amides is 1. The lowest BCUT2D eigenvalue weighted by Gasteiger charge is -2.10. The van der Waals surface area contributed by atoms with E-state index in [2.05, 4.69) is 5.32 Å². The van der Waals surface area contributed by atoms with Gasteiger partial charge in [0.25, 0.3) is 5.91 Å². The van der Waals surface area contributed by atoms with Gasteiger partial charge in [0.1, 0.15) is 6.04 Å². The van der Waals surface area contributed by atoms with E-state index < -0.39 is 23.7 Å². The van der Waals surface area contributed by atoms with Gasteiger partial charge in [0.2, 0.25) is 0 Å². The van der Waals surface area contributed by atoms with Crippen molar-refractivity contribution >= 4 is 5.91 Å². The fraction of sp³-hybridized carbons (Fsp3) is 0.333. The molecule has 3 nitrogen and oxygen atoms in total. The number of rotatable bonds is 3. The Morgan fingerprint density at radius 2 is 1.94 bits per heavy atom. The number of halogens is 3. The minimum Gasteiger partial charge on any atom is -0.336 e. The number of nitrogens with one attached hydrogen (secondary N) is 1. The van der Waals surface area contributed by atoms with Gasteiger partial charge in [0.05, 0.1) is 11.6 Å². The van der Waals surface area contributed by atoms with Gasteiger partial charge in [-0.1, -0.05) is 6.92 Å². The summed E-state index contributed by atoms with van der Waals surface area (Å²) in [6, 6.07) is 5.08. The second-order valence-electron chi connectivity index (χ2n) is 3.64. The lowest BCUT2D eigenvalue weighted by molar-refractivity contribution is -0.137. The Balaban J connectivity index is 2.80. The van der Waals surface area contributed by atoms with Crippen LogP contribution in [0.5, 0.6) is 0 Å². The van der Waals surface area contributed by atoms with Gasteiger partial charge < -0.3 is 5.32 Å². The zero-order valence-electron chi connectivity index (χ0n) is 9.58. The molecule has 1 aromatic rings. The third-order valence-electron chi connectivity index (χ3n) is 2.34. The van der Waals surface area contributed by atoms with Crippen molar-refractivity contribution in [2.75, 3.05) is 0 Å². The second kappa shape index (κ2) is 5.54. The van der Waals surface area contributed by atoms with Gasteiger partial charge in [-0.3, -0.25) is 4.79 Å². The van der Waals surface area contributed by atoms with Gasteiger partial charge in [-0.2, -0.15) is 18.4 Å². The van der Waals surface area contributed by atoms with Crippen LogP contribution in [0.15, 0.2) is 24.3 Å². The Morgan fingerprint density at radius 1 is 1.39 bits per heavy atom. The molecule has 96 valence electrons. The van der Waals surface area contributed by atoms with E-state index in [1.54, 1.807) is 6.92 Å². The van der Waals surface area contributed by atoms with E-state index in [1.807, 2.05) is 6.07 Å². The molecule has 1 unspecified atom stereocenters. The van der Waals surface area contributed by atoms with Crippen molar-refractivity contribution in [1.29, 1.82) is 5.26 Å². The van der Waals surface area contributed by atoms with Gasteiger partial charge in [-0.15, -0.1) is 0 Å². The number of nitriles is 1. The number of carbonyl (C=O) groups excluding carboxylic acids is 1. The van der Waals surface area contributed by atoms with Crippen molar-refractivity contribution in [2.45, 2.75) is 25.6 Å². The minimum absolute atomic E-state index is 0.0942. The monoisotopic (exact) mass is 256 g/mol. The summed E-state index contributed by atoms with van der Waals surface area (Å²) >= 11 is 0. The Morgan fingerprint density at radius 3 is 2.33 bits per heavy atom. The molecule has 1 rings (SSSR count). The first-order valence-corrected chi connectivity index (χ1v) is 5.26. The Labute approximate surface area is 102 Å². The third-order valence-corrected chi connectivity index (χ3v) is 2.34. The molecule has 1 atom stereocenters. The summed E-state index contributed by atoms with van der Waals surface area (Å²) in [6.45, 7) is 1.72. The number of benzene rings is 1. The van der Waals surface area contributed by atoms with Crippen molar-refractivity contribution in [1.82, 2.24) is 5.32 Å². The summed E-state index contributed by atoms with van der Waals surface area (Å²) in [6.07, 6.45) is -3.99. The number of nitrogens with zero attached hydrogens (tertiary/aromatic N) is 1. The molecule has 1 amide bonds. The molecule has 0 radical (unpaired) electrons. The molecule has 0 heterocycles. The van der Waals surface area contributed by atoms with E-state index >= 15 is 0 Å². The van der Waals surface area contributed by atoms with Gasteiger partial charge >= 0.3 is 6.18 Å². The zero-order valence-corrected chi connectivity index (χ0v) is 9.58. The number of alkyl halides is 3. The van der Waals surface area contributed by atoms with Gasteiger partial charge in [0, 0.05) is 5.56 Å². The van der Waals surface area contributed by atoms with Crippen molar-refractivity contribution in [3.63, 3.8) is 0 Å². The molecule has 0 fully saturated rings. The topological polar surface area (TPSA) is 52.9 Å². The summed E-state index contributed by atoms with van der Waals surface area (Å²) in [4.78, 5) is 11.6. The molecular weight excluding hydrogens is 245 g/mol. The average molecular weight is 256 g/mol. The fourth-order valence-corrected chi connectivity index (χ4v) is 1.28. The SMILES string of the molecule is CCC(C#N)NC(=O)c1ccc(C(F)(F)F)cc1. The number of hydrogen-bond donors (Lipinski definition) is 1. The van der Waals surface area contributed by atoms with Crippen LogP contribution in [0, 0.1) is 11.3 Å². The van der Waals surface area contributed by atoms with Gasteiger partial charge in [-0.05, 0) is 30.7 Å². The Hall–Kier alpha value is -2.03. The summed E-state index contributed by atoms with van der Waals surface area (Å²) < 4.78 is 36.9. The molecule has 1 N–H and O–H groups in total. The highest BCUT2D eigenvalue weighted by atomic mass is 19.4. The summed E-state index contributed by atoms with van der Waals surface area (Å²) in [5, 5.41) is 11.1. The van der Waals surface area contributed by atoms with Crippen molar-refractivity contribution < 1.29 is 18.0 Å². The predicted molar refractivity (Wildman–Crippen MR) is 58.6 cm³/mol. The molecule has 0 bridgehead atoms. The van der Waals surface area contributed by atoms with E-state index in [1.165, 1.54) is 0 Å². The molecule has 1 aromatic carbocycles. The van der Waals surface area contributed by atoms with Crippen LogP contribution in [0.3, 0.4) is 0 Å². The molecule has 0 aromatic heterocycles. The van der Waals surface area contributed by atoms with Crippen LogP contribution < -0.4 is 5.32 Å². The molecule has 18 heavy (non-hydrogen) atoms. The maximum Gasteiger partial charge on any atom is 0.416 e. The smallest absolute Gasteiger partial charge is 0.336 e. The van der Waals surface area contributed by atoms with Crippen LogP contribution >= 0.6 is 0 Å². The lowest BCUT2D eigenvalue weighted by atomic mass is 10.1. The van der Waals surface area contributed by atoms with E-state index in [4.69, 9.17) is 5.26 Å². The van der Waals surface area contributed by atoms with E-state index in [9.17, 15) is 18.0 Å². The highest BCUT2D eigenvalue weighted by molar-refractivity contribution is 5.94. The largest absolute Gasteiger partial charge is 0.416 e. The number of hydrogen-bond acceptors (Lipinski definition) is 2. The quantitative estimate of drug-likeness (QED) is 0.904. The fourth-order valence-electron chi connectivity index (χ4n) is 1.28. The molecule has 6 heteroatoms. The summed E-state index contributed by atoms with van der Waals surface area (Å²) in [7, 11) is 0. The first kappa shape index (κ1) is 14.0. The molecular formula is C12H11F3N2O. The normalized spacial score (nSPS) is 12.6. The summed E-state index contributed by atoms with van der Waals surface area (Å²) in [5.74, 6) is -0.558. The maximum atomic E-state index is 12.3. The standard InChI is InChI=1S/C12H11F3N2O/c1-2-10(7-16)17-11(18)8-3-5-9(6-4-8)12(13,14)15/h3-6,10H,2H2,1H3,(H,17,18). The average Bonchev–Trinajstić information content (AvgIpc) is 2.34. The van der Waals surface area contributed by atoms with Crippen LogP contribution in [0.25, 0.3) is 0 Å². The summed E-state index contributed by atoms with van der Waals surface area (Å²) in [5.41, 5.74) is -0.719. The zero-order chi connectivity index (χ0) is 13.8. The van der Waals surface area contributed by atoms with Gasteiger partial charge in [-0.25, -0.2) is 0 Å². The second-order valence-corrected chi connectivity index (χ2v) is 3.64. The highest BCUT2D eigenvalue weighted by Crippen LogP contribution is 2.29. The first-order valence-electron chi connectivity index (χ1n) is 5.26. The van der Waals surface area contributed by atoms with Crippen LogP contribution in [-0.4, -0.2) is 11.9 Å². The van der Waals surface area contributed by atoms with Crippen LogP contribution in [0.1, 0.15) is 29.3 Å². The van der Waals surface area contributed by atoms with Crippen LogP contribution in [0.2, 0.25) is 0 Å². The van der Waals surface area contributed by atoms with E-state index in [-0.39, 0.29) is 5.56 Å². The Kier molecular flexibility index (Phi) is 4.32. The number of carbonyl (C=O) groups is 1. The first-order chi connectivity index (χ1) is 8.38. The van der Waals surface area contributed by atoms with Crippen molar-refractivity contribution in [2.24, 2.45) is 0 Å². The third kappa shape index (κ3) is 3.48. The molecule has 0 spiro atoms. The molecule has 0 aliphatic carbocycles. The van der Waals surface area contributed by atoms with Crippen LogP contribution in [-0.2, 0) is 6.18 Å². The lowest BCUT2D eigenvalue weighted by Crippen LogP contribution is -2.33. The van der Waals surface area contributed by atoms with Gasteiger partial charge in [0.15, 0.2) is 0 Å². The molecule has 0 saturated heterocycles. The Bertz CT molecular complexity index is 460. The van der Waals surface area contributed by atoms with E-state index in [0.29, 0.717) is 6.42 Å². The van der Waals surface area contributed by atoms with Crippen LogP contribution in [0.4, 0.5) is 13.2 Å². The van der Waals surface area contributed by atoms with Crippen molar-refractivity contribution in [3.05, 3.63) is 35.4 Å².